The molecule has 0 bridgehead atoms. The van der Waals surface area contributed by atoms with Crippen LogP contribution in [0.4, 0.5) is 0 Å². The maximum Gasteiger partial charge on any atom is 0.326 e. The fourth-order valence-corrected chi connectivity index (χ4v) is 4.32. The van der Waals surface area contributed by atoms with E-state index in [2.05, 4.69) is 0 Å². The Morgan fingerprint density at radius 3 is 2.50 bits per heavy atom. The molecule has 1 amide bonds. The highest BCUT2D eigenvalue weighted by atomic mass is 32.2. The Morgan fingerprint density at radius 2 is 1.90 bits per heavy atom. The Hall–Kier alpha value is -1.15. The number of nitrogens with zero attached hydrogens (tertiary/aromatic N) is 2. The van der Waals surface area contributed by atoms with Crippen LogP contribution in [0.5, 0.6) is 0 Å². The Kier molecular flexibility index (Phi) is 4.64. The summed E-state index contributed by atoms with van der Waals surface area (Å²) in [5, 5.41) is 9.12. The van der Waals surface area contributed by atoms with Crippen LogP contribution in [0, 0.1) is 0 Å². The van der Waals surface area contributed by atoms with Crippen molar-refractivity contribution >= 4 is 21.9 Å². The van der Waals surface area contributed by atoms with Crippen LogP contribution < -0.4 is 0 Å². The van der Waals surface area contributed by atoms with Gasteiger partial charge in [-0.25, -0.2) is 17.5 Å². The lowest BCUT2D eigenvalue weighted by Crippen LogP contribution is -2.48. The normalized spacial score (nSPS) is 26.6. The quantitative estimate of drug-likeness (QED) is 0.781. The second kappa shape index (κ2) is 6.09. The van der Waals surface area contributed by atoms with Crippen LogP contribution in [0.2, 0.25) is 0 Å². The number of piperidine rings is 1. The lowest BCUT2D eigenvalue weighted by Gasteiger charge is -2.33. The summed E-state index contributed by atoms with van der Waals surface area (Å²) >= 11 is 0. The zero-order valence-corrected chi connectivity index (χ0v) is 12.1. The third kappa shape index (κ3) is 3.29. The predicted octanol–water partition coefficient (Wildman–Crippen LogP) is -0.122. The van der Waals surface area contributed by atoms with E-state index >= 15 is 0 Å². The first-order chi connectivity index (χ1) is 9.42. The molecule has 0 spiro atoms. The van der Waals surface area contributed by atoms with E-state index in [1.807, 2.05) is 0 Å². The summed E-state index contributed by atoms with van der Waals surface area (Å²) in [5.74, 6) is -1.10. The molecule has 2 saturated heterocycles. The SMILES string of the molecule is O=C(O)[C@@H]1CCCCN1C(=O)CCN1CCCS1(=O)=O. The first kappa shape index (κ1) is 15.2. The molecule has 0 aromatic carbocycles. The van der Waals surface area contributed by atoms with Gasteiger partial charge in [0.25, 0.3) is 0 Å². The Balaban J connectivity index is 1.92. The molecule has 2 aliphatic rings. The summed E-state index contributed by atoms with van der Waals surface area (Å²) in [6, 6.07) is -0.758. The van der Waals surface area contributed by atoms with Crippen molar-refractivity contribution in [3.05, 3.63) is 0 Å². The number of aliphatic carboxylic acids is 1. The maximum absolute atomic E-state index is 12.1. The zero-order chi connectivity index (χ0) is 14.8. The fraction of sp³-hybridized carbons (Fsp3) is 0.833. The number of amides is 1. The van der Waals surface area contributed by atoms with E-state index in [9.17, 15) is 18.0 Å². The molecular weight excluding hydrogens is 284 g/mol. The van der Waals surface area contributed by atoms with Crippen LogP contribution in [0.15, 0.2) is 0 Å². The molecule has 0 saturated carbocycles. The van der Waals surface area contributed by atoms with Gasteiger partial charge < -0.3 is 10.0 Å². The average molecular weight is 304 g/mol. The van der Waals surface area contributed by atoms with E-state index in [1.54, 1.807) is 0 Å². The van der Waals surface area contributed by atoms with Gasteiger partial charge in [-0.2, -0.15) is 0 Å². The minimum atomic E-state index is -3.20. The number of sulfonamides is 1. The third-order valence-electron chi connectivity index (χ3n) is 3.89. The van der Waals surface area contributed by atoms with Gasteiger partial charge in [0, 0.05) is 26.1 Å². The van der Waals surface area contributed by atoms with Gasteiger partial charge in [0.05, 0.1) is 5.75 Å². The molecular formula is C12H20N2O5S. The lowest BCUT2D eigenvalue weighted by molar-refractivity contribution is -0.152. The number of hydrogen-bond donors (Lipinski definition) is 1. The van der Waals surface area contributed by atoms with E-state index in [0.717, 1.165) is 12.8 Å². The van der Waals surface area contributed by atoms with Crippen molar-refractivity contribution in [3.63, 3.8) is 0 Å². The summed E-state index contributed by atoms with van der Waals surface area (Å²) in [6.07, 6.45) is 2.74. The van der Waals surface area contributed by atoms with Gasteiger partial charge in [0.15, 0.2) is 0 Å². The van der Waals surface area contributed by atoms with Crippen LogP contribution in [0.1, 0.15) is 32.1 Å². The van der Waals surface area contributed by atoms with E-state index in [0.29, 0.717) is 25.9 Å². The summed E-state index contributed by atoms with van der Waals surface area (Å²) in [5.41, 5.74) is 0. The smallest absolute Gasteiger partial charge is 0.326 e. The highest BCUT2D eigenvalue weighted by Crippen LogP contribution is 2.19. The molecule has 114 valence electrons. The van der Waals surface area contributed by atoms with Crippen LogP contribution in [-0.4, -0.2) is 66.0 Å². The monoisotopic (exact) mass is 304 g/mol. The van der Waals surface area contributed by atoms with Crippen LogP contribution >= 0.6 is 0 Å². The fourth-order valence-electron chi connectivity index (χ4n) is 2.79. The molecule has 7 nitrogen and oxygen atoms in total. The van der Waals surface area contributed by atoms with Gasteiger partial charge in [0.2, 0.25) is 15.9 Å². The number of carboxylic acids is 1. The maximum atomic E-state index is 12.1. The lowest BCUT2D eigenvalue weighted by atomic mass is 10.0. The second-order valence-corrected chi connectivity index (χ2v) is 7.34. The number of likely N-dealkylation sites (tertiary alicyclic amines) is 1. The van der Waals surface area contributed by atoms with E-state index in [1.165, 1.54) is 9.21 Å². The number of carboxylic acid groups (broad SMARTS) is 1. The van der Waals surface area contributed by atoms with Crippen LogP contribution in [-0.2, 0) is 19.6 Å². The molecule has 2 aliphatic heterocycles. The molecule has 0 radical (unpaired) electrons. The Labute approximate surface area is 118 Å². The Bertz CT molecular complexity index is 490. The summed E-state index contributed by atoms with van der Waals surface area (Å²) in [6.45, 7) is 1.06. The number of carbonyl (C=O) groups is 2. The van der Waals surface area contributed by atoms with Crippen molar-refractivity contribution in [2.45, 2.75) is 38.1 Å². The van der Waals surface area contributed by atoms with Gasteiger partial charge in [-0.3, -0.25) is 4.79 Å². The number of carbonyl (C=O) groups excluding carboxylic acids is 1. The summed E-state index contributed by atoms with van der Waals surface area (Å²) in [4.78, 5) is 24.6. The standard InChI is InChI=1S/C12H20N2O5S/c15-11(5-8-13-6-3-9-20(13,18)19)14-7-2-1-4-10(14)12(16)17/h10H,1-9H2,(H,16,17)/t10-/m0/s1. The van der Waals surface area contributed by atoms with Crippen LogP contribution in [0.3, 0.4) is 0 Å². The zero-order valence-electron chi connectivity index (χ0n) is 11.3. The molecule has 0 aromatic rings. The van der Waals surface area contributed by atoms with Crippen molar-refractivity contribution in [1.82, 2.24) is 9.21 Å². The molecule has 2 fully saturated rings. The van der Waals surface area contributed by atoms with E-state index in [-0.39, 0.29) is 24.6 Å². The van der Waals surface area contributed by atoms with E-state index < -0.39 is 22.0 Å². The van der Waals surface area contributed by atoms with Gasteiger partial charge >= 0.3 is 5.97 Å². The molecule has 0 aliphatic carbocycles. The number of hydrogen-bond acceptors (Lipinski definition) is 4. The molecule has 2 rings (SSSR count). The minimum absolute atomic E-state index is 0.0585. The van der Waals surface area contributed by atoms with Crippen molar-refractivity contribution < 1.29 is 23.1 Å². The molecule has 8 heteroatoms. The summed E-state index contributed by atoms with van der Waals surface area (Å²) in [7, 11) is -3.20. The highest BCUT2D eigenvalue weighted by Gasteiger charge is 2.33. The average Bonchev–Trinajstić information content (AvgIpc) is 2.75. The van der Waals surface area contributed by atoms with Crippen molar-refractivity contribution in [1.29, 1.82) is 0 Å². The van der Waals surface area contributed by atoms with Gasteiger partial charge in [-0.05, 0) is 25.7 Å². The highest BCUT2D eigenvalue weighted by molar-refractivity contribution is 7.89. The molecule has 0 aromatic heterocycles. The Morgan fingerprint density at radius 1 is 1.15 bits per heavy atom. The van der Waals surface area contributed by atoms with E-state index in [4.69, 9.17) is 5.11 Å². The first-order valence-electron chi connectivity index (χ1n) is 6.92. The van der Waals surface area contributed by atoms with Crippen molar-refractivity contribution in [3.8, 4) is 0 Å². The van der Waals surface area contributed by atoms with Crippen molar-refractivity contribution in [2.75, 3.05) is 25.4 Å². The van der Waals surface area contributed by atoms with Gasteiger partial charge in [-0.15, -0.1) is 0 Å². The van der Waals surface area contributed by atoms with Gasteiger partial charge in [0.1, 0.15) is 6.04 Å². The molecule has 20 heavy (non-hydrogen) atoms. The summed E-state index contributed by atoms with van der Waals surface area (Å²) < 4.78 is 24.6. The molecule has 1 N–H and O–H groups in total. The van der Waals surface area contributed by atoms with Crippen molar-refractivity contribution in [2.24, 2.45) is 0 Å². The van der Waals surface area contributed by atoms with Crippen LogP contribution in [0.25, 0.3) is 0 Å². The molecule has 0 unspecified atom stereocenters. The van der Waals surface area contributed by atoms with Gasteiger partial charge in [-0.1, -0.05) is 0 Å². The third-order valence-corrected chi connectivity index (χ3v) is 5.84. The number of rotatable bonds is 4. The topological polar surface area (TPSA) is 95.0 Å². The minimum Gasteiger partial charge on any atom is -0.480 e. The first-order valence-corrected chi connectivity index (χ1v) is 8.53. The second-order valence-electron chi connectivity index (χ2n) is 5.26. The molecule has 2 heterocycles. The molecule has 1 atom stereocenters. The predicted molar refractivity (Wildman–Crippen MR) is 71.6 cm³/mol. The largest absolute Gasteiger partial charge is 0.480 e.